The molecule has 1 fully saturated rings. The number of thiol groups is 1. The fraction of sp³-hybridized carbons (Fsp3) is 0.273. The molecule has 18 heavy (non-hydrogen) atoms. The van der Waals surface area contributed by atoms with Crippen LogP contribution in [0.5, 0.6) is 0 Å². The Morgan fingerprint density at radius 1 is 1.56 bits per heavy atom. The molecule has 0 spiro atoms. The molecule has 0 radical (unpaired) electrons. The van der Waals surface area contributed by atoms with E-state index in [1.54, 1.807) is 0 Å². The summed E-state index contributed by atoms with van der Waals surface area (Å²) in [6, 6.07) is 2.04. The minimum absolute atomic E-state index is 0.143. The van der Waals surface area contributed by atoms with Gasteiger partial charge >= 0.3 is 5.97 Å². The minimum atomic E-state index is -1.28. The van der Waals surface area contributed by atoms with Gasteiger partial charge in [-0.1, -0.05) is 0 Å². The predicted molar refractivity (Wildman–Crippen MR) is 70.8 cm³/mol. The molecule has 1 aliphatic rings. The van der Waals surface area contributed by atoms with Gasteiger partial charge in [0.05, 0.1) is 11.3 Å². The lowest BCUT2D eigenvalue weighted by molar-refractivity contribution is -0.117. The number of halogens is 2. The molecule has 1 aliphatic heterocycles. The van der Waals surface area contributed by atoms with Crippen LogP contribution in [0.4, 0.5) is 10.1 Å². The zero-order valence-electron chi connectivity index (χ0n) is 9.06. The van der Waals surface area contributed by atoms with Crippen molar-refractivity contribution in [3.8, 4) is 0 Å². The molecule has 4 nitrogen and oxygen atoms in total. The van der Waals surface area contributed by atoms with Gasteiger partial charge in [-0.3, -0.25) is 4.79 Å². The molecule has 0 saturated carbocycles. The van der Waals surface area contributed by atoms with Crippen molar-refractivity contribution in [2.45, 2.75) is 11.7 Å². The normalized spacial score (nSPS) is 19.4. The third-order valence-corrected chi connectivity index (χ3v) is 3.58. The number of anilines is 1. The van der Waals surface area contributed by atoms with E-state index in [4.69, 9.17) is 5.11 Å². The molecule has 2 rings (SSSR count). The zero-order chi connectivity index (χ0) is 13.4. The van der Waals surface area contributed by atoms with E-state index in [9.17, 15) is 14.0 Å². The van der Waals surface area contributed by atoms with Crippen molar-refractivity contribution in [3.05, 3.63) is 28.0 Å². The molecule has 0 aliphatic carbocycles. The van der Waals surface area contributed by atoms with Gasteiger partial charge in [-0.2, -0.15) is 12.6 Å². The van der Waals surface area contributed by atoms with Crippen LogP contribution in [0.3, 0.4) is 0 Å². The molecule has 96 valence electrons. The Morgan fingerprint density at radius 3 is 2.72 bits per heavy atom. The zero-order valence-corrected chi connectivity index (χ0v) is 11.5. The molecule has 0 aromatic heterocycles. The Hall–Kier alpha value is -1.08. The predicted octanol–water partition coefficient (Wildman–Crippen LogP) is 2.32. The quantitative estimate of drug-likeness (QED) is 0.816. The van der Waals surface area contributed by atoms with Crippen LogP contribution in [-0.2, 0) is 4.79 Å². The van der Waals surface area contributed by atoms with E-state index >= 15 is 0 Å². The summed E-state index contributed by atoms with van der Waals surface area (Å²) >= 11 is 7.30. The van der Waals surface area contributed by atoms with Gasteiger partial charge in [-0.05, 0) is 28.1 Å². The van der Waals surface area contributed by atoms with Crippen molar-refractivity contribution in [3.63, 3.8) is 0 Å². The number of carboxylic acid groups (broad SMARTS) is 1. The average molecular weight is 334 g/mol. The van der Waals surface area contributed by atoms with Crippen LogP contribution >= 0.6 is 28.6 Å². The molecule has 1 amide bonds. The molecule has 1 unspecified atom stereocenters. The highest BCUT2D eigenvalue weighted by atomic mass is 79.9. The van der Waals surface area contributed by atoms with Crippen LogP contribution in [0.2, 0.25) is 0 Å². The maximum atomic E-state index is 13.2. The summed E-state index contributed by atoms with van der Waals surface area (Å²) in [6.45, 7) is 0.312. The van der Waals surface area contributed by atoms with Gasteiger partial charge in [0, 0.05) is 22.7 Å². The van der Waals surface area contributed by atoms with Crippen molar-refractivity contribution in [1.82, 2.24) is 0 Å². The molecule has 7 heteroatoms. The number of carboxylic acids is 1. The first-order valence-corrected chi connectivity index (χ1v) is 6.42. The van der Waals surface area contributed by atoms with E-state index in [-0.39, 0.29) is 33.3 Å². The molecule has 1 aromatic rings. The van der Waals surface area contributed by atoms with Gasteiger partial charge < -0.3 is 10.0 Å². The lowest BCUT2D eigenvalue weighted by Crippen LogP contribution is -2.27. The summed E-state index contributed by atoms with van der Waals surface area (Å²) in [5, 5.41) is 8.94. The topological polar surface area (TPSA) is 57.6 Å². The maximum absolute atomic E-state index is 13.2. The Balaban J connectivity index is 2.56. The fourth-order valence-electron chi connectivity index (χ4n) is 1.91. The van der Waals surface area contributed by atoms with Gasteiger partial charge in [0.2, 0.25) is 5.91 Å². The van der Waals surface area contributed by atoms with Crippen molar-refractivity contribution in [2.24, 2.45) is 0 Å². The Labute approximate surface area is 116 Å². The fourth-order valence-corrected chi connectivity index (χ4v) is 2.87. The Kier molecular flexibility index (Phi) is 3.63. The molecule has 1 saturated heterocycles. The van der Waals surface area contributed by atoms with Crippen LogP contribution in [0, 0.1) is 5.82 Å². The van der Waals surface area contributed by atoms with Crippen molar-refractivity contribution >= 4 is 46.1 Å². The third-order valence-electron chi connectivity index (χ3n) is 2.63. The standard InChI is InChI=1S/C11H9BrFNO3S/c12-8-2-5(13)1-7(11(16)17)10(8)14-4-6(18)3-9(14)15/h1-2,6,18H,3-4H2,(H,16,17). The van der Waals surface area contributed by atoms with Crippen LogP contribution in [0.1, 0.15) is 16.8 Å². The molecular weight excluding hydrogens is 325 g/mol. The first kappa shape index (κ1) is 13.4. The lowest BCUT2D eigenvalue weighted by atomic mass is 10.1. The van der Waals surface area contributed by atoms with Crippen LogP contribution in [0.15, 0.2) is 16.6 Å². The number of carbonyl (C=O) groups is 2. The average Bonchev–Trinajstić information content (AvgIpc) is 2.56. The van der Waals surface area contributed by atoms with Crippen molar-refractivity contribution in [2.75, 3.05) is 11.4 Å². The number of amides is 1. The maximum Gasteiger partial charge on any atom is 0.337 e. The highest BCUT2D eigenvalue weighted by Crippen LogP contribution is 2.35. The number of hydrogen-bond donors (Lipinski definition) is 2. The van der Waals surface area contributed by atoms with Crippen LogP contribution in [-0.4, -0.2) is 28.8 Å². The van der Waals surface area contributed by atoms with Gasteiger partial charge in [0.15, 0.2) is 0 Å². The second kappa shape index (κ2) is 4.89. The SMILES string of the molecule is O=C(O)c1cc(F)cc(Br)c1N1CC(S)CC1=O. The first-order valence-electron chi connectivity index (χ1n) is 5.11. The molecule has 0 bridgehead atoms. The number of hydrogen-bond acceptors (Lipinski definition) is 3. The molecule has 1 atom stereocenters. The second-order valence-corrected chi connectivity index (χ2v) is 5.54. The van der Waals surface area contributed by atoms with Crippen molar-refractivity contribution < 1.29 is 19.1 Å². The summed E-state index contributed by atoms with van der Waals surface area (Å²) in [5.74, 6) is -2.16. The number of nitrogens with zero attached hydrogens (tertiary/aromatic N) is 1. The van der Waals surface area contributed by atoms with E-state index in [2.05, 4.69) is 28.6 Å². The van der Waals surface area contributed by atoms with E-state index in [1.807, 2.05) is 0 Å². The number of aromatic carboxylic acids is 1. The Bertz CT molecular complexity index is 537. The van der Waals surface area contributed by atoms with E-state index in [1.165, 1.54) is 4.90 Å². The van der Waals surface area contributed by atoms with Gasteiger partial charge in [0.1, 0.15) is 5.82 Å². The highest BCUT2D eigenvalue weighted by molar-refractivity contribution is 9.10. The lowest BCUT2D eigenvalue weighted by Gasteiger charge is -2.20. The third kappa shape index (κ3) is 2.37. The molecule has 1 heterocycles. The number of benzene rings is 1. The molecule has 1 N–H and O–H groups in total. The summed E-state index contributed by atoms with van der Waals surface area (Å²) in [6.07, 6.45) is 0.242. The monoisotopic (exact) mass is 333 g/mol. The first-order chi connectivity index (χ1) is 8.40. The molecule has 1 aromatic carbocycles. The minimum Gasteiger partial charge on any atom is -0.478 e. The summed E-state index contributed by atoms with van der Waals surface area (Å²) in [4.78, 5) is 24.2. The summed E-state index contributed by atoms with van der Waals surface area (Å²) in [7, 11) is 0. The van der Waals surface area contributed by atoms with E-state index in [0.717, 1.165) is 12.1 Å². The molecular formula is C11H9BrFNO3S. The Morgan fingerprint density at radius 2 is 2.22 bits per heavy atom. The smallest absolute Gasteiger partial charge is 0.337 e. The highest BCUT2D eigenvalue weighted by Gasteiger charge is 2.32. The van der Waals surface area contributed by atoms with Crippen LogP contribution < -0.4 is 4.90 Å². The van der Waals surface area contributed by atoms with Crippen LogP contribution in [0.25, 0.3) is 0 Å². The van der Waals surface area contributed by atoms with Gasteiger partial charge in [0.25, 0.3) is 0 Å². The summed E-state index contributed by atoms with van der Waals surface area (Å²) in [5.41, 5.74) is -0.0527. The van der Waals surface area contributed by atoms with Crippen molar-refractivity contribution in [1.29, 1.82) is 0 Å². The largest absolute Gasteiger partial charge is 0.478 e. The van der Waals surface area contributed by atoms with Gasteiger partial charge in [-0.25, -0.2) is 9.18 Å². The van der Waals surface area contributed by atoms with E-state index < -0.39 is 11.8 Å². The van der Waals surface area contributed by atoms with E-state index in [0.29, 0.717) is 6.54 Å². The summed E-state index contributed by atoms with van der Waals surface area (Å²) < 4.78 is 13.5. The number of rotatable bonds is 2. The number of carbonyl (C=O) groups excluding carboxylic acids is 1. The van der Waals surface area contributed by atoms with Gasteiger partial charge in [-0.15, -0.1) is 0 Å². The second-order valence-electron chi connectivity index (χ2n) is 3.95.